The Morgan fingerprint density at radius 1 is 1.35 bits per heavy atom. The van der Waals surface area contributed by atoms with Crippen LogP contribution in [0, 0.1) is 5.92 Å². The van der Waals surface area contributed by atoms with Crippen molar-refractivity contribution in [1.82, 2.24) is 24.7 Å². The van der Waals surface area contributed by atoms with Crippen molar-refractivity contribution >= 4 is 11.6 Å². The second-order valence-electron chi connectivity index (χ2n) is 3.84. The predicted octanol–water partition coefficient (Wildman–Crippen LogP) is 1.75. The minimum absolute atomic E-state index is 0.0873. The van der Waals surface area contributed by atoms with E-state index in [-0.39, 0.29) is 11.3 Å². The Labute approximate surface area is 104 Å². The summed E-state index contributed by atoms with van der Waals surface area (Å²) >= 11 is 5.80. The molecule has 2 aromatic heterocycles. The van der Waals surface area contributed by atoms with Gasteiger partial charge in [-0.2, -0.15) is 20.1 Å². The lowest BCUT2D eigenvalue weighted by Gasteiger charge is -2.07. The highest BCUT2D eigenvalue weighted by Crippen LogP contribution is 2.11. The average molecular weight is 254 g/mol. The number of rotatable bonds is 4. The SMILES string of the molecule is CC(C)COc1nc(Cl)nc(-n2cccn2)n1. The molecular weight excluding hydrogens is 242 g/mol. The summed E-state index contributed by atoms with van der Waals surface area (Å²) in [6.07, 6.45) is 3.35. The third kappa shape index (κ3) is 3.13. The molecule has 0 N–H and O–H groups in total. The minimum Gasteiger partial charge on any atom is -0.463 e. The van der Waals surface area contributed by atoms with E-state index in [1.807, 2.05) is 13.8 Å². The van der Waals surface area contributed by atoms with Crippen LogP contribution in [0.1, 0.15) is 13.8 Å². The molecule has 2 aromatic rings. The van der Waals surface area contributed by atoms with Gasteiger partial charge in [-0.1, -0.05) is 13.8 Å². The molecular formula is C10H12ClN5O. The van der Waals surface area contributed by atoms with Gasteiger partial charge in [0.1, 0.15) is 0 Å². The number of ether oxygens (including phenoxy) is 1. The summed E-state index contributed by atoms with van der Waals surface area (Å²) in [5.41, 5.74) is 0. The fourth-order valence-corrected chi connectivity index (χ4v) is 1.27. The van der Waals surface area contributed by atoms with E-state index in [1.54, 1.807) is 18.5 Å². The lowest BCUT2D eigenvalue weighted by atomic mass is 10.2. The van der Waals surface area contributed by atoms with Crippen LogP contribution in [-0.4, -0.2) is 31.3 Å². The lowest BCUT2D eigenvalue weighted by Crippen LogP contribution is -2.10. The third-order valence-corrected chi connectivity index (χ3v) is 2.00. The molecule has 0 spiro atoms. The fraction of sp³-hybridized carbons (Fsp3) is 0.400. The van der Waals surface area contributed by atoms with E-state index in [0.717, 1.165) is 0 Å². The van der Waals surface area contributed by atoms with Crippen LogP contribution in [-0.2, 0) is 0 Å². The highest BCUT2D eigenvalue weighted by Gasteiger charge is 2.08. The highest BCUT2D eigenvalue weighted by atomic mass is 35.5. The Bertz CT molecular complexity index is 485. The molecule has 0 radical (unpaired) electrons. The number of nitrogens with zero attached hydrogens (tertiary/aromatic N) is 5. The molecule has 2 heterocycles. The van der Waals surface area contributed by atoms with Gasteiger partial charge in [-0.25, -0.2) is 4.68 Å². The summed E-state index contributed by atoms with van der Waals surface area (Å²) in [5, 5.41) is 4.10. The summed E-state index contributed by atoms with van der Waals surface area (Å²) in [7, 11) is 0. The van der Waals surface area contributed by atoms with Crippen LogP contribution in [0.4, 0.5) is 0 Å². The molecule has 6 nitrogen and oxygen atoms in total. The summed E-state index contributed by atoms with van der Waals surface area (Å²) in [4.78, 5) is 12.0. The van der Waals surface area contributed by atoms with E-state index >= 15 is 0 Å². The van der Waals surface area contributed by atoms with Crippen molar-refractivity contribution in [3.05, 3.63) is 23.7 Å². The molecule has 17 heavy (non-hydrogen) atoms. The molecule has 0 saturated carbocycles. The van der Waals surface area contributed by atoms with Crippen molar-refractivity contribution in [3.63, 3.8) is 0 Å². The van der Waals surface area contributed by atoms with Gasteiger partial charge in [-0.15, -0.1) is 0 Å². The van der Waals surface area contributed by atoms with E-state index in [9.17, 15) is 0 Å². The lowest BCUT2D eigenvalue weighted by molar-refractivity contribution is 0.249. The van der Waals surface area contributed by atoms with E-state index < -0.39 is 0 Å². The minimum atomic E-state index is 0.0873. The van der Waals surface area contributed by atoms with E-state index in [0.29, 0.717) is 18.5 Å². The van der Waals surface area contributed by atoms with Gasteiger partial charge in [0.05, 0.1) is 6.61 Å². The maximum Gasteiger partial charge on any atom is 0.322 e. The van der Waals surface area contributed by atoms with Crippen molar-refractivity contribution in [2.24, 2.45) is 5.92 Å². The van der Waals surface area contributed by atoms with E-state index in [4.69, 9.17) is 16.3 Å². The number of hydrogen-bond donors (Lipinski definition) is 0. The molecule has 0 aliphatic carbocycles. The van der Waals surface area contributed by atoms with Crippen molar-refractivity contribution in [1.29, 1.82) is 0 Å². The monoisotopic (exact) mass is 253 g/mol. The molecule has 0 aromatic carbocycles. The van der Waals surface area contributed by atoms with Crippen LogP contribution in [0.2, 0.25) is 5.28 Å². The first-order valence-corrected chi connectivity index (χ1v) is 5.57. The first-order valence-electron chi connectivity index (χ1n) is 5.19. The second-order valence-corrected chi connectivity index (χ2v) is 4.18. The quantitative estimate of drug-likeness (QED) is 0.830. The van der Waals surface area contributed by atoms with Crippen molar-refractivity contribution in [3.8, 4) is 12.0 Å². The van der Waals surface area contributed by atoms with Gasteiger partial charge >= 0.3 is 6.01 Å². The van der Waals surface area contributed by atoms with Crippen LogP contribution in [0.5, 0.6) is 6.01 Å². The summed E-state index contributed by atoms with van der Waals surface area (Å²) in [5.74, 6) is 0.729. The second kappa shape index (κ2) is 5.09. The predicted molar refractivity (Wildman–Crippen MR) is 62.3 cm³/mol. The molecule has 0 aliphatic rings. The molecule has 0 fully saturated rings. The molecule has 0 saturated heterocycles. The number of halogens is 1. The Morgan fingerprint density at radius 3 is 2.82 bits per heavy atom. The molecule has 0 unspecified atom stereocenters. The van der Waals surface area contributed by atoms with Crippen LogP contribution < -0.4 is 4.74 Å². The Hall–Kier alpha value is -1.69. The van der Waals surface area contributed by atoms with Crippen LogP contribution >= 0.6 is 11.6 Å². The normalized spacial score (nSPS) is 10.8. The smallest absolute Gasteiger partial charge is 0.322 e. The van der Waals surface area contributed by atoms with Gasteiger partial charge in [0.25, 0.3) is 5.95 Å². The standard InChI is InChI=1S/C10H12ClN5O/c1-7(2)6-17-10-14-8(11)13-9(15-10)16-5-3-4-12-16/h3-5,7H,6H2,1-2H3. The van der Waals surface area contributed by atoms with Gasteiger partial charge < -0.3 is 4.74 Å². The first-order chi connectivity index (χ1) is 8.15. The van der Waals surface area contributed by atoms with Gasteiger partial charge in [0.15, 0.2) is 0 Å². The molecule has 90 valence electrons. The van der Waals surface area contributed by atoms with Crippen molar-refractivity contribution < 1.29 is 4.74 Å². The highest BCUT2D eigenvalue weighted by molar-refractivity contribution is 6.28. The molecule has 0 aliphatic heterocycles. The zero-order valence-electron chi connectivity index (χ0n) is 9.54. The Balaban J connectivity index is 2.24. The van der Waals surface area contributed by atoms with Crippen molar-refractivity contribution in [2.75, 3.05) is 6.61 Å². The van der Waals surface area contributed by atoms with Crippen LogP contribution in [0.3, 0.4) is 0 Å². The molecule has 0 bridgehead atoms. The maximum atomic E-state index is 5.80. The van der Waals surface area contributed by atoms with Gasteiger partial charge in [0, 0.05) is 12.4 Å². The molecule has 2 rings (SSSR count). The zero-order valence-corrected chi connectivity index (χ0v) is 10.3. The molecule has 7 heteroatoms. The van der Waals surface area contributed by atoms with Crippen LogP contribution in [0.25, 0.3) is 5.95 Å². The summed E-state index contributed by atoms with van der Waals surface area (Å²) < 4.78 is 6.90. The zero-order chi connectivity index (χ0) is 12.3. The fourth-order valence-electron chi connectivity index (χ4n) is 1.12. The van der Waals surface area contributed by atoms with Gasteiger partial charge in [-0.05, 0) is 23.6 Å². The van der Waals surface area contributed by atoms with E-state index in [2.05, 4.69) is 20.1 Å². The van der Waals surface area contributed by atoms with Gasteiger partial charge in [0.2, 0.25) is 5.28 Å². The summed E-state index contributed by atoms with van der Waals surface area (Å²) in [6, 6.07) is 1.98. The first kappa shape index (κ1) is 11.8. The topological polar surface area (TPSA) is 65.7 Å². The average Bonchev–Trinajstić information content (AvgIpc) is 2.79. The molecule has 0 atom stereocenters. The third-order valence-electron chi connectivity index (χ3n) is 1.83. The largest absolute Gasteiger partial charge is 0.463 e. The maximum absolute atomic E-state index is 5.80. The summed E-state index contributed by atoms with van der Waals surface area (Å²) in [6.45, 7) is 4.60. The Kier molecular flexibility index (Phi) is 3.53. The number of hydrogen-bond acceptors (Lipinski definition) is 5. The van der Waals surface area contributed by atoms with Crippen molar-refractivity contribution in [2.45, 2.75) is 13.8 Å². The Morgan fingerprint density at radius 2 is 2.18 bits per heavy atom. The van der Waals surface area contributed by atoms with Crippen LogP contribution in [0.15, 0.2) is 18.5 Å². The number of aromatic nitrogens is 5. The van der Waals surface area contributed by atoms with E-state index in [1.165, 1.54) is 4.68 Å². The molecule has 0 amide bonds. The van der Waals surface area contributed by atoms with Gasteiger partial charge in [-0.3, -0.25) is 0 Å².